The molecule has 0 aliphatic carbocycles. The van der Waals surface area contributed by atoms with Crippen molar-refractivity contribution in [2.24, 2.45) is 0 Å². The van der Waals surface area contributed by atoms with Gasteiger partial charge in [0, 0.05) is 15.7 Å². The maximum atomic E-state index is 12.2. The third kappa shape index (κ3) is 4.10. The normalized spacial score (nSPS) is 11.0. The highest BCUT2D eigenvalue weighted by Gasteiger charge is 2.14. The van der Waals surface area contributed by atoms with Crippen LogP contribution in [-0.4, -0.2) is 14.8 Å². The summed E-state index contributed by atoms with van der Waals surface area (Å²) in [6.07, 6.45) is 0.510. The first-order valence-electron chi connectivity index (χ1n) is 5.70. The minimum atomic E-state index is -3.76. The van der Waals surface area contributed by atoms with Gasteiger partial charge in [0.15, 0.2) is 0 Å². The van der Waals surface area contributed by atoms with E-state index >= 15 is 0 Å². The van der Waals surface area contributed by atoms with Crippen molar-refractivity contribution < 1.29 is 13.2 Å². The highest BCUT2D eigenvalue weighted by atomic mass is 35.5. The summed E-state index contributed by atoms with van der Waals surface area (Å²) in [5, 5.41) is 3.07. The van der Waals surface area contributed by atoms with E-state index in [1.54, 1.807) is 0 Å². The summed E-state index contributed by atoms with van der Waals surface area (Å²) in [5.74, 6) is 0. The monoisotopic (exact) mass is 344 g/mol. The van der Waals surface area contributed by atoms with Crippen LogP contribution in [0.15, 0.2) is 47.4 Å². The fourth-order valence-electron chi connectivity index (χ4n) is 1.63. The Bertz CT molecular complexity index is 741. The molecule has 0 saturated carbocycles. The van der Waals surface area contributed by atoms with Crippen LogP contribution in [0, 0.1) is 0 Å². The van der Waals surface area contributed by atoms with Crippen LogP contribution in [0.3, 0.4) is 0 Å². The molecule has 0 atom stereocenters. The van der Waals surface area contributed by atoms with Crippen molar-refractivity contribution in [2.75, 3.05) is 10.0 Å². The van der Waals surface area contributed by atoms with Crippen molar-refractivity contribution in [3.05, 3.63) is 52.5 Å². The van der Waals surface area contributed by atoms with Crippen LogP contribution >= 0.6 is 23.2 Å². The van der Waals surface area contributed by atoms with E-state index in [0.717, 1.165) is 0 Å². The smallest absolute Gasteiger partial charge is 0.261 e. The van der Waals surface area contributed by atoms with E-state index in [2.05, 4.69) is 10.0 Å². The molecule has 0 saturated heterocycles. The van der Waals surface area contributed by atoms with E-state index in [1.165, 1.54) is 42.5 Å². The molecular weight excluding hydrogens is 335 g/mol. The number of hydrogen-bond acceptors (Lipinski definition) is 3. The zero-order valence-electron chi connectivity index (χ0n) is 10.5. The third-order valence-corrected chi connectivity index (χ3v) is 4.34. The number of benzene rings is 2. The summed E-state index contributed by atoms with van der Waals surface area (Å²) in [7, 11) is -3.76. The number of carbonyl (C=O) groups excluding carboxylic acids is 1. The van der Waals surface area contributed by atoms with Gasteiger partial charge in [0.2, 0.25) is 6.41 Å². The summed E-state index contributed by atoms with van der Waals surface area (Å²) in [6.45, 7) is 0. The number of amides is 1. The maximum Gasteiger partial charge on any atom is 0.261 e. The molecule has 0 spiro atoms. The Balaban J connectivity index is 2.27. The fourth-order valence-corrected chi connectivity index (χ4v) is 3.19. The van der Waals surface area contributed by atoms with Gasteiger partial charge in [-0.25, -0.2) is 8.42 Å². The molecule has 110 valence electrons. The van der Waals surface area contributed by atoms with Gasteiger partial charge in [-0.2, -0.15) is 0 Å². The van der Waals surface area contributed by atoms with E-state index < -0.39 is 10.0 Å². The number of nitrogens with one attached hydrogen (secondary N) is 2. The summed E-state index contributed by atoms with van der Waals surface area (Å²) in [5.41, 5.74) is 0.761. The minimum absolute atomic E-state index is 0.0510. The Kier molecular flexibility index (Phi) is 4.72. The predicted molar refractivity (Wildman–Crippen MR) is 83.4 cm³/mol. The molecule has 8 heteroatoms. The van der Waals surface area contributed by atoms with E-state index in [9.17, 15) is 13.2 Å². The lowest BCUT2D eigenvalue weighted by Gasteiger charge is -2.09. The minimum Gasteiger partial charge on any atom is -0.329 e. The largest absolute Gasteiger partial charge is 0.329 e. The van der Waals surface area contributed by atoms with Gasteiger partial charge in [0.05, 0.1) is 10.6 Å². The second-order valence-electron chi connectivity index (χ2n) is 4.05. The highest BCUT2D eigenvalue weighted by Crippen LogP contribution is 2.25. The third-order valence-electron chi connectivity index (χ3n) is 2.50. The maximum absolute atomic E-state index is 12.2. The Morgan fingerprint density at radius 2 is 1.48 bits per heavy atom. The van der Waals surface area contributed by atoms with Crippen LogP contribution < -0.4 is 10.0 Å². The molecule has 1 amide bonds. The fraction of sp³-hybridized carbons (Fsp3) is 0. The lowest BCUT2D eigenvalue weighted by molar-refractivity contribution is -0.105. The SMILES string of the molecule is O=CNc1ccc(S(=O)(=O)Nc2cc(Cl)cc(Cl)c2)cc1. The van der Waals surface area contributed by atoms with Gasteiger partial charge in [-0.1, -0.05) is 23.2 Å². The Hall–Kier alpha value is -1.76. The van der Waals surface area contributed by atoms with Crippen molar-refractivity contribution in [1.29, 1.82) is 0 Å². The number of hydrogen-bond donors (Lipinski definition) is 2. The quantitative estimate of drug-likeness (QED) is 0.816. The van der Waals surface area contributed by atoms with E-state index in [0.29, 0.717) is 22.1 Å². The highest BCUT2D eigenvalue weighted by molar-refractivity contribution is 7.92. The number of sulfonamides is 1. The van der Waals surface area contributed by atoms with Crippen LogP contribution in [0.4, 0.5) is 11.4 Å². The van der Waals surface area contributed by atoms with Crippen molar-refractivity contribution in [2.45, 2.75) is 4.90 Å². The summed E-state index contributed by atoms with van der Waals surface area (Å²) < 4.78 is 26.8. The van der Waals surface area contributed by atoms with Crippen molar-refractivity contribution >= 4 is 51.0 Å². The molecule has 0 aliphatic heterocycles. The molecule has 2 rings (SSSR count). The molecule has 0 unspecified atom stereocenters. The van der Waals surface area contributed by atoms with Gasteiger partial charge >= 0.3 is 0 Å². The van der Waals surface area contributed by atoms with Crippen LogP contribution in [0.2, 0.25) is 10.0 Å². The van der Waals surface area contributed by atoms with E-state index in [-0.39, 0.29) is 10.6 Å². The predicted octanol–water partition coefficient (Wildman–Crippen LogP) is 3.36. The Morgan fingerprint density at radius 1 is 0.905 bits per heavy atom. The van der Waals surface area contributed by atoms with Gasteiger partial charge in [0.25, 0.3) is 10.0 Å². The van der Waals surface area contributed by atoms with Crippen molar-refractivity contribution in [1.82, 2.24) is 0 Å². The molecule has 0 heterocycles. The van der Waals surface area contributed by atoms with Gasteiger partial charge in [0.1, 0.15) is 0 Å². The number of carbonyl (C=O) groups is 1. The average molecular weight is 345 g/mol. The second-order valence-corrected chi connectivity index (χ2v) is 6.61. The topological polar surface area (TPSA) is 75.3 Å². The molecule has 0 aliphatic rings. The molecule has 0 aromatic heterocycles. The molecular formula is C13H10Cl2N2O3S. The lowest BCUT2D eigenvalue weighted by atomic mass is 10.3. The molecule has 21 heavy (non-hydrogen) atoms. The first-order chi connectivity index (χ1) is 9.90. The molecule has 2 aromatic carbocycles. The Morgan fingerprint density at radius 3 is 2.00 bits per heavy atom. The van der Waals surface area contributed by atoms with E-state index in [1.807, 2.05) is 0 Å². The summed E-state index contributed by atoms with van der Waals surface area (Å²) >= 11 is 11.6. The molecule has 2 N–H and O–H groups in total. The van der Waals surface area contributed by atoms with Crippen molar-refractivity contribution in [3.8, 4) is 0 Å². The standard InChI is InChI=1S/C13H10Cl2N2O3S/c14-9-5-10(15)7-12(6-9)17-21(19,20)13-3-1-11(2-4-13)16-8-18/h1-8,17H,(H,16,18). The first kappa shape index (κ1) is 15.6. The number of rotatable bonds is 5. The van der Waals surface area contributed by atoms with E-state index in [4.69, 9.17) is 23.2 Å². The van der Waals surface area contributed by atoms with Gasteiger partial charge in [-0.15, -0.1) is 0 Å². The zero-order chi connectivity index (χ0) is 15.5. The van der Waals surface area contributed by atoms with Crippen LogP contribution in [0.25, 0.3) is 0 Å². The molecule has 0 bridgehead atoms. The number of anilines is 2. The van der Waals surface area contributed by atoms with Crippen LogP contribution in [0.5, 0.6) is 0 Å². The molecule has 2 aromatic rings. The number of halogens is 2. The first-order valence-corrected chi connectivity index (χ1v) is 7.94. The van der Waals surface area contributed by atoms with Gasteiger partial charge in [-0.3, -0.25) is 9.52 Å². The lowest BCUT2D eigenvalue weighted by Crippen LogP contribution is -2.13. The van der Waals surface area contributed by atoms with Gasteiger partial charge in [-0.05, 0) is 42.5 Å². The summed E-state index contributed by atoms with van der Waals surface area (Å²) in [4.78, 5) is 10.3. The Labute approximate surface area is 131 Å². The summed E-state index contributed by atoms with van der Waals surface area (Å²) in [6, 6.07) is 10.1. The van der Waals surface area contributed by atoms with Crippen LogP contribution in [-0.2, 0) is 14.8 Å². The van der Waals surface area contributed by atoms with Crippen molar-refractivity contribution in [3.63, 3.8) is 0 Å². The molecule has 0 fully saturated rings. The van der Waals surface area contributed by atoms with Crippen LogP contribution in [0.1, 0.15) is 0 Å². The molecule has 5 nitrogen and oxygen atoms in total. The van der Waals surface area contributed by atoms with Gasteiger partial charge < -0.3 is 5.32 Å². The second kappa shape index (κ2) is 6.34. The molecule has 0 radical (unpaired) electrons. The average Bonchev–Trinajstić information content (AvgIpc) is 2.38. The zero-order valence-corrected chi connectivity index (χ0v) is 12.8.